The molecule has 0 heterocycles. The number of para-hydroxylation sites is 1. The molecule has 0 saturated heterocycles. The number of anilines is 1. The maximum atomic E-state index is 11.5. The van der Waals surface area contributed by atoms with Crippen molar-refractivity contribution in [3.8, 4) is 12.0 Å². The molecule has 0 unspecified atom stereocenters. The van der Waals surface area contributed by atoms with Gasteiger partial charge in [-0.05, 0) is 19.1 Å². The summed E-state index contributed by atoms with van der Waals surface area (Å²) >= 11 is 0. The number of carbonyl (C=O) groups is 1. The SMILES string of the molecule is CCOC#CC(=O)N(C)c1ccccc1. The zero-order valence-corrected chi connectivity index (χ0v) is 8.86. The molecule has 0 aliphatic carbocycles. The van der Waals surface area contributed by atoms with Gasteiger partial charge in [0, 0.05) is 18.7 Å². The van der Waals surface area contributed by atoms with Crippen molar-refractivity contribution in [2.45, 2.75) is 6.92 Å². The second kappa shape index (κ2) is 5.71. The minimum absolute atomic E-state index is 0.283. The first-order valence-corrected chi connectivity index (χ1v) is 4.71. The molecule has 1 aromatic carbocycles. The van der Waals surface area contributed by atoms with Crippen LogP contribution in [0.1, 0.15) is 6.92 Å². The van der Waals surface area contributed by atoms with Gasteiger partial charge in [-0.15, -0.1) is 0 Å². The predicted octanol–water partition coefficient (Wildman–Crippen LogP) is 1.65. The number of amides is 1. The van der Waals surface area contributed by atoms with Crippen LogP contribution in [0.4, 0.5) is 5.69 Å². The molecule has 0 radical (unpaired) electrons. The zero-order chi connectivity index (χ0) is 11.1. The largest absolute Gasteiger partial charge is 0.447 e. The maximum Gasteiger partial charge on any atom is 0.305 e. The summed E-state index contributed by atoms with van der Waals surface area (Å²) in [5.41, 5.74) is 0.813. The summed E-state index contributed by atoms with van der Waals surface area (Å²) in [7, 11) is 1.68. The summed E-state index contributed by atoms with van der Waals surface area (Å²) in [6.07, 6.45) is 2.34. The minimum atomic E-state index is -0.283. The highest BCUT2D eigenvalue weighted by Crippen LogP contribution is 2.10. The molecule has 78 valence electrons. The first-order valence-electron chi connectivity index (χ1n) is 4.71. The highest BCUT2D eigenvalue weighted by Gasteiger charge is 2.06. The molecule has 0 N–H and O–H groups in total. The Hall–Kier alpha value is -1.95. The molecule has 3 heteroatoms. The van der Waals surface area contributed by atoms with Crippen LogP contribution in [0.3, 0.4) is 0 Å². The van der Waals surface area contributed by atoms with Crippen LogP contribution in [0.15, 0.2) is 30.3 Å². The van der Waals surface area contributed by atoms with Gasteiger partial charge in [-0.3, -0.25) is 4.79 Å². The lowest BCUT2D eigenvalue weighted by Gasteiger charge is -2.12. The number of rotatable bonds is 2. The molecular weight excluding hydrogens is 190 g/mol. The molecule has 0 aromatic heterocycles. The molecule has 0 aliphatic rings. The van der Waals surface area contributed by atoms with E-state index in [0.29, 0.717) is 6.61 Å². The highest BCUT2D eigenvalue weighted by atomic mass is 16.5. The molecule has 0 atom stereocenters. The van der Waals surface area contributed by atoms with Gasteiger partial charge in [-0.25, -0.2) is 0 Å². The Morgan fingerprint density at radius 3 is 2.67 bits per heavy atom. The van der Waals surface area contributed by atoms with Crippen molar-refractivity contribution in [3.63, 3.8) is 0 Å². The van der Waals surface area contributed by atoms with E-state index in [1.54, 1.807) is 7.05 Å². The molecule has 15 heavy (non-hydrogen) atoms. The molecule has 3 nitrogen and oxygen atoms in total. The van der Waals surface area contributed by atoms with E-state index in [1.165, 1.54) is 4.90 Å². The summed E-state index contributed by atoms with van der Waals surface area (Å²) in [6.45, 7) is 2.30. The van der Waals surface area contributed by atoms with Crippen molar-refractivity contribution < 1.29 is 9.53 Å². The van der Waals surface area contributed by atoms with E-state index in [9.17, 15) is 4.79 Å². The Bertz CT molecular complexity index is 376. The Kier molecular flexibility index (Phi) is 4.24. The molecule has 1 rings (SSSR count). The fraction of sp³-hybridized carbons (Fsp3) is 0.250. The number of hydrogen-bond acceptors (Lipinski definition) is 2. The second-order valence-electron chi connectivity index (χ2n) is 2.86. The van der Waals surface area contributed by atoms with Crippen molar-refractivity contribution >= 4 is 11.6 Å². The van der Waals surface area contributed by atoms with Crippen LogP contribution in [0, 0.1) is 12.0 Å². The molecule has 0 aliphatic heterocycles. The topological polar surface area (TPSA) is 29.5 Å². The number of nitrogens with zero attached hydrogens (tertiary/aromatic N) is 1. The van der Waals surface area contributed by atoms with E-state index in [4.69, 9.17) is 4.74 Å². The second-order valence-corrected chi connectivity index (χ2v) is 2.86. The minimum Gasteiger partial charge on any atom is -0.447 e. The van der Waals surface area contributed by atoms with Gasteiger partial charge < -0.3 is 9.64 Å². The molecule has 1 amide bonds. The van der Waals surface area contributed by atoms with Crippen LogP contribution in [0.5, 0.6) is 0 Å². The van der Waals surface area contributed by atoms with Gasteiger partial charge in [0.05, 0.1) is 6.61 Å². The average Bonchev–Trinajstić information content (AvgIpc) is 2.29. The number of ether oxygens (including phenoxy) is 1. The number of carbonyl (C=O) groups excluding carboxylic acids is 1. The van der Waals surface area contributed by atoms with E-state index in [-0.39, 0.29) is 5.91 Å². The molecular formula is C12H13NO2. The molecule has 0 bridgehead atoms. The zero-order valence-electron chi connectivity index (χ0n) is 8.86. The summed E-state index contributed by atoms with van der Waals surface area (Å²) in [6, 6.07) is 9.33. The van der Waals surface area contributed by atoms with Crippen molar-refractivity contribution in [3.05, 3.63) is 30.3 Å². The van der Waals surface area contributed by atoms with Gasteiger partial charge >= 0.3 is 5.91 Å². The molecule has 0 spiro atoms. The van der Waals surface area contributed by atoms with E-state index in [0.717, 1.165) is 5.69 Å². The lowest BCUT2D eigenvalue weighted by atomic mass is 10.3. The Morgan fingerprint density at radius 1 is 1.40 bits per heavy atom. The van der Waals surface area contributed by atoms with Crippen molar-refractivity contribution in [1.29, 1.82) is 0 Å². The van der Waals surface area contributed by atoms with Gasteiger partial charge in [0.1, 0.15) is 6.11 Å². The highest BCUT2D eigenvalue weighted by molar-refractivity contribution is 6.05. The normalized spacial score (nSPS) is 8.67. The molecule has 0 fully saturated rings. The summed E-state index contributed by atoms with van der Waals surface area (Å²) in [4.78, 5) is 13.0. The van der Waals surface area contributed by atoms with Crippen LogP contribution < -0.4 is 4.90 Å². The Balaban J connectivity index is 2.66. The average molecular weight is 203 g/mol. The van der Waals surface area contributed by atoms with Crippen LogP contribution in [0.2, 0.25) is 0 Å². The smallest absolute Gasteiger partial charge is 0.305 e. The first kappa shape index (κ1) is 11.1. The van der Waals surface area contributed by atoms with E-state index in [2.05, 4.69) is 12.0 Å². The fourth-order valence-electron chi connectivity index (χ4n) is 1.00. The third-order valence-electron chi connectivity index (χ3n) is 1.82. The Morgan fingerprint density at radius 2 is 2.07 bits per heavy atom. The monoisotopic (exact) mass is 203 g/mol. The summed E-state index contributed by atoms with van der Waals surface area (Å²) in [5, 5.41) is 0. The van der Waals surface area contributed by atoms with Gasteiger partial charge in [0.2, 0.25) is 0 Å². The molecule has 1 aromatic rings. The standard InChI is InChI=1S/C12H13NO2/c1-3-15-10-9-12(14)13(2)11-7-5-4-6-8-11/h4-8H,3H2,1-2H3. The third kappa shape index (κ3) is 3.35. The van der Waals surface area contributed by atoms with Crippen molar-refractivity contribution in [2.75, 3.05) is 18.6 Å². The predicted molar refractivity (Wildman–Crippen MR) is 59.3 cm³/mol. The van der Waals surface area contributed by atoms with Crippen LogP contribution >= 0.6 is 0 Å². The first-order chi connectivity index (χ1) is 7.25. The number of hydrogen-bond donors (Lipinski definition) is 0. The molecule has 0 saturated carbocycles. The Labute approximate surface area is 89.7 Å². The number of benzene rings is 1. The van der Waals surface area contributed by atoms with Crippen LogP contribution in [0.25, 0.3) is 0 Å². The van der Waals surface area contributed by atoms with Crippen LogP contribution in [-0.2, 0) is 9.53 Å². The van der Waals surface area contributed by atoms with Gasteiger partial charge in [-0.2, -0.15) is 0 Å². The maximum absolute atomic E-state index is 11.5. The summed E-state index contributed by atoms with van der Waals surface area (Å²) < 4.78 is 4.78. The fourth-order valence-corrected chi connectivity index (χ4v) is 1.00. The summed E-state index contributed by atoms with van der Waals surface area (Å²) in [5.74, 6) is 2.11. The van der Waals surface area contributed by atoms with Crippen molar-refractivity contribution in [2.24, 2.45) is 0 Å². The van der Waals surface area contributed by atoms with Gasteiger partial charge in [0.15, 0.2) is 0 Å². The van der Waals surface area contributed by atoms with Gasteiger partial charge in [-0.1, -0.05) is 18.2 Å². The van der Waals surface area contributed by atoms with Crippen LogP contribution in [-0.4, -0.2) is 19.6 Å². The third-order valence-corrected chi connectivity index (χ3v) is 1.82. The lowest BCUT2D eigenvalue weighted by molar-refractivity contribution is -0.113. The quantitative estimate of drug-likeness (QED) is 0.684. The van der Waals surface area contributed by atoms with E-state index < -0.39 is 0 Å². The van der Waals surface area contributed by atoms with Crippen molar-refractivity contribution in [1.82, 2.24) is 0 Å². The lowest BCUT2D eigenvalue weighted by Crippen LogP contribution is -2.24. The van der Waals surface area contributed by atoms with Gasteiger partial charge in [0.25, 0.3) is 0 Å². The van der Waals surface area contributed by atoms with E-state index in [1.807, 2.05) is 37.3 Å². The van der Waals surface area contributed by atoms with E-state index >= 15 is 0 Å².